The second-order valence-corrected chi connectivity index (χ2v) is 3.54. The maximum absolute atomic E-state index is 10.6. The van der Waals surface area contributed by atoms with Crippen molar-refractivity contribution in [1.29, 1.82) is 0 Å². The van der Waals surface area contributed by atoms with Gasteiger partial charge in [-0.3, -0.25) is 15.2 Å². The minimum atomic E-state index is -0.501. The summed E-state index contributed by atoms with van der Waals surface area (Å²) < 4.78 is 5.40. The van der Waals surface area contributed by atoms with Gasteiger partial charge in [0.05, 0.1) is 16.4 Å². The minimum Gasteiger partial charge on any atom is -0.473 e. The Hall–Kier alpha value is -2.18. The van der Waals surface area contributed by atoms with Crippen LogP contribution in [-0.2, 0) is 0 Å². The first-order valence-electron chi connectivity index (χ1n) is 4.73. The number of hydrogen-bond donors (Lipinski definition) is 1. The van der Waals surface area contributed by atoms with E-state index in [1.165, 1.54) is 12.3 Å². The van der Waals surface area contributed by atoms with Crippen LogP contribution in [0.3, 0.4) is 0 Å². The predicted octanol–water partition coefficient (Wildman–Crippen LogP) is 1.65. The van der Waals surface area contributed by atoms with E-state index in [9.17, 15) is 10.1 Å². The van der Waals surface area contributed by atoms with Gasteiger partial charge in [-0.2, -0.15) is 0 Å². The predicted molar refractivity (Wildman–Crippen MR) is 56.3 cm³/mol. The van der Waals surface area contributed by atoms with Crippen LogP contribution in [0, 0.1) is 10.1 Å². The maximum Gasteiger partial charge on any atom is 0.288 e. The van der Waals surface area contributed by atoms with Crippen molar-refractivity contribution in [2.24, 2.45) is 0 Å². The number of fused-ring (bicyclic) bond motifs is 1. The molecule has 2 aromatic heterocycles. The van der Waals surface area contributed by atoms with E-state index in [0.717, 1.165) is 0 Å². The van der Waals surface area contributed by atoms with Gasteiger partial charge in [0.15, 0.2) is 5.65 Å². The van der Waals surface area contributed by atoms with Crippen LogP contribution in [0.2, 0.25) is 0 Å². The lowest BCUT2D eigenvalue weighted by molar-refractivity contribution is -0.385. The SMILES string of the molecule is CC(C)Oc1n[nH]c2ncc([N+](=O)[O-])cc12. The molecule has 0 saturated carbocycles. The van der Waals surface area contributed by atoms with Crippen molar-refractivity contribution in [2.75, 3.05) is 0 Å². The van der Waals surface area contributed by atoms with Crippen LogP contribution in [0.4, 0.5) is 5.69 Å². The molecule has 0 unspecified atom stereocenters. The molecule has 2 heterocycles. The molecule has 0 atom stereocenters. The highest BCUT2D eigenvalue weighted by Gasteiger charge is 2.14. The molecule has 84 valence electrons. The highest BCUT2D eigenvalue weighted by molar-refractivity contribution is 5.82. The molecule has 0 aliphatic rings. The lowest BCUT2D eigenvalue weighted by atomic mass is 10.3. The van der Waals surface area contributed by atoms with Crippen molar-refractivity contribution in [3.05, 3.63) is 22.4 Å². The van der Waals surface area contributed by atoms with Gasteiger partial charge in [-0.15, -0.1) is 5.10 Å². The number of nitro groups is 1. The van der Waals surface area contributed by atoms with E-state index in [0.29, 0.717) is 16.9 Å². The first-order valence-corrected chi connectivity index (χ1v) is 4.73. The Morgan fingerprint density at radius 3 is 2.94 bits per heavy atom. The number of rotatable bonds is 3. The summed E-state index contributed by atoms with van der Waals surface area (Å²) in [5, 5.41) is 17.7. The number of aromatic amines is 1. The lowest BCUT2D eigenvalue weighted by Crippen LogP contribution is -2.05. The monoisotopic (exact) mass is 222 g/mol. The number of hydrogen-bond acceptors (Lipinski definition) is 5. The smallest absolute Gasteiger partial charge is 0.288 e. The molecule has 0 amide bonds. The number of H-pyrrole nitrogens is 1. The van der Waals surface area contributed by atoms with Gasteiger partial charge in [0.25, 0.3) is 5.69 Å². The van der Waals surface area contributed by atoms with E-state index in [2.05, 4.69) is 15.2 Å². The Morgan fingerprint density at radius 2 is 2.31 bits per heavy atom. The molecule has 0 fully saturated rings. The number of pyridine rings is 1. The Bertz CT molecular complexity index is 535. The first-order chi connectivity index (χ1) is 7.58. The summed E-state index contributed by atoms with van der Waals surface area (Å²) in [4.78, 5) is 14.0. The Morgan fingerprint density at radius 1 is 1.56 bits per heavy atom. The van der Waals surface area contributed by atoms with E-state index in [4.69, 9.17) is 4.74 Å². The molecule has 2 rings (SSSR count). The molecule has 0 aliphatic carbocycles. The van der Waals surface area contributed by atoms with Gasteiger partial charge in [0.1, 0.15) is 6.20 Å². The van der Waals surface area contributed by atoms with E-state index < -0.39 is 4.92 Å². The molecule has 2 aromatic rings. The Labute approximate surface area is 90.6 Å². The summed E-state index contributed by atoms with van der Waals surface area (Å²) in [5.41, 5.74) is 0.392. The van der Waals surface area contributed by atoms with Crippen LogP contribution in [0.1, 0.15) is 13.8 Å². The second kappa shape index (κ2) is 3.76. The molecule has 1 N–H and O–H groups in total. The van der Waals surface area contributed by atoms with Gasteiger partial charge in [-0.05, 0) is 13.8 Å². The minimum absolute atomic E-state index is 0.0502. The number of nitrogens with one attached hydrogen (secondary N) is 1. The topological polar surface area (TPSA) is 93.9 Å². The highest BCUT2D eigenvalue weighted by atomic mass is 16.6. The number of ether oxygens (including phenoxy) is 1. The van der Waals surface area contributed by atoms with Crippen molar-refractivity contribution < 1.29 is 9.66 Å². The fraction of sp³-hybridized carbons (Fsp3) is 0.333. The second-order valence-electron chi connectivity index (χ2n) is 3.54. The molecule has 7 heteroatoms. The zero-order valence-electron chi connectivity index (χ0n) is 8.80. The van der Waals surface area contributed by atoms with Gasteiger partial charge < -0.3 is 4.74 Å². The molecule has 0 radical (unpaired) electrons. The van der Waals surface area contributed by atoms with Crippen molar-refractivity contribution in [2.45, 2.75) is 20.0 Å². The third-order valence-electron chi connectivity index (χ3n) is 1.93. The summed E-state index contributed by atoms with van der Waals surface area (Å²) in [5.74, 6) is 0.334. The summed E-state index contributed by atoms with van der Waals surface area (Å²) in [7, 11) is 0. The zero-order valence-corrected chi connectivity index (χ0v) is 8.80. The van der Waals surface area contributed by atoms with Crippen molar-refractivity contribution >= 4 is 16.7 Å². The van der Waals surface area contributed by atoms with Crippen LogP contribution in [0.25, 0.3) is 11.0 Å². The van der Waals surface area contributed by atoms with Crippen LogP contribution in [-0.4, -0.2) is 26.2 Å². The summed E-state index contributed by atoms with van der Waals surface area (Å²) in [6, 6.07) is 1.39. The van der Waals surface area contributed by atoms with Gasteiger partial charge in [0, 0.05) is 6.07 Å². The van der Waals surface area contributed by atoms with Gasteiger partial charge in [-0.25, -0.2) is 4.98 Å². The normalized spacial score (nSPS) is 10.9. The molecule has 16 heavy (non-hydrogen) atoms. The van der Waals surface area contributed by atoms with Crippen LogP contribution >= 0.6 is 0 Å². The number of nitrogens with zero attached hydrogens (tertiary/aromatic N) is 3. The third-order valence-corrected chi connectivity index (χ3v) is 1.93. The third kappa shape index (κ3) is 1.79. The van der Waals surface area contributed by atoms with E-state index in [1.807, 2.05) is 13.8 Å². The first kappa shape index (κ1) is 10.3. The average Bonchev–Trinajstić information content (AvgIpc) is 2.60. The van der Waals surface area contributed by atoms with Crippen molar-refractivity contribution in [3.63, 3.8) is 0 Å². The molecule has 0 aliphatic heterocycles. The summed E-state index contributed by atoms with van der Waals surface area (Å²) in [6.45, 7) is 3.70. The van der Waals surface area contributed by atoms with Crippen LogP contribution in [0.5, 0.6) is 5.88 Å². The molecule has 0 spiro atoms. The fourth-order valence-corrected chi connectivity index (χ4v) is 1.28. The van der Waals surface area contributed by atoms with Crippen molar-refractivity contribution in [3.8, 4) is 5.88 Å². The number of aromatic nitrogens is 3. The quantitative estimate of drug-likeness (QED) is 0.629. The molecule has 0 aromatic carbocycles. The van der Waals surface area contributed by atoms with Gasteiger partial charge in [-0.1, -0.05) is 0 Å². The fourth-order valence-electron chi connectivity index (χ4n) is 1.28. The van der Waals surface area contributed by atoms with Gasteiger partial charge in [0.2, 0.25) is 5.88 Å². The van der Waals surface area contributed by atoms with Crippen LogP contribution < -0.4 is 4.74 Å². The van der Waals surface area contributed by atoms with Crippen molar-refractivity contribution in [1.82, 2.24) is 15.2 Å². The molecule has 0 bridgehead atoms. The summed E-state index contributed by atoms with van der Waals surface area (Å²) in [6.07, 6.45) is 1.13. The average molecular weight is 222 g/mol. The Kier molecular flexibility index (Phi) is 2.43. The zero-order chi connectivity index (χ0) is 11.7. The largest absolute Gasteiger partial charge is 0.473 e. The highest BCUT2D eigenvalue weighted by Crippen LogP contribution is 2.25. The Balaban J connectivity index is 2.51. The van der Waals surface area contributed by atoms with Gasteiger partial charge >= 0.3 is 0 Å². The lowest BCUT2D eigenvalue weighted by Gasteiger charge is -2.05. The molecular weight excluding hydrogens is 212 g/mol. The van der Waals surface area contributed by atoms with Crippen LogP contribution in [0.15, 0.2) is 12.3 Å². The summed E-state index contributed by atoms with van der Waals surface area (Å²) >= 11 is 0. The van der Waals surface area contributed by atoms with E-state index in [1.54, 1.807) is 0 Å². The molecule has 0 saturated heterocycles. The van der Waals surface area contributed by atoms with E-state index >= 15 is 0 Å². The maximum atomic E-state index is 10.6. The molecular formula is C9H10N4O3. The molecule has 7 nitrogen and oxygen atoms in total. The van der Waals surface area contributed by atoms with E-state index in [-0.39, 0.29) is 11.8 Å². The standard InChI is InChI=1S/C9H10N4O3/c1-5(2)16-9-7-3-6(13(14)15)4-10-8(7)11-12-9/h3-5H,1-2H3,(H,10,11,12).